The van der Waals surface area contributed by atoms with E-state index in [0.29, 0.717) is 18.5 Å². The summed E-state index contributed by atoms with van der Waals surface area (Å²) in [5.41, 5.74) is 0.393. The van der Waals surface area contributed by atoms with Gasteiger partial charge in [0.1, 0.15) is 5.75 Å². The minimum atomic E-state index is -3.26. The SMILES string of the molecule is CS(=O)(=O)NCCC1CCCCN1C(=O)c1ccc(OC(F)F)cc1. The quantitative estimate of drug-likeness (QED) is 0.792. The maximum atomic E-state index is 12.7. The van der Waals surface area contributed by atoms with E-state index in [1.54, 1.807) is 4.90 Å². The number of piperidine rings is 1. The molecular formula is C16H22F2N2O4S. The third kappa shape index (κ3) is 6.24. The molecule has 9 heteroatoms. The number of amides is 1. The van der Waals surface area contributed by atoms with Crippen molar-refractivity contribution in [3.63, 3.8) is 0 Å². The van der Waals surface area contributed by atoms with E-state index in [4.69, 9.17) is 0 Å². The lowest BCUT2D eigenvalue weighted by Crippen LogP contribution is -2.45. The van der Waals surface area contributed by atoms with Gasteiger partial charge in [0.2, 0.25) is 10.0 Å². The van der Waals surface area contributed by atoms with Crippen molar-refractivity contribution >= 4 is 15.9 Å². The van der Waals surface area contributed by atoms with Crippen LogP contribution in [0, 0.1) is 0 Å². The number of nitrogens with one attached hydrogen (secondary N) is 1. The summed E-state index contributed by atoms with van der Waals surface area (Å²) in [5.74, 6) is -0.188. The molecule has 25 heavy (non-hydrogen) atoms. The lowest BCUT2D eigenvalue weighted by atomic mass is 9.98. The molecular weight excluding hydrogens is 354 g/mol. The molecule has 1 aromatic carbocycles. The Morgan fingerprint density at radius 1 is 1.32 bits per heavy atom. The first-order valence-corrected chi connectivity index (χ1v) is 9.96. The molecule has 140 valence electrons. The fourth-order valence-corrected chi connectivity index (χ4v) is 3.41. The van der Waals surface area contributed by atoms with Crippen molar-refractivity contribution < 1.29 is 26.7 Å². The molecule has 0 saturated carbocycles. The molecule has 1 aliphatic rings. The number of halogens is 2. The second-order valence-corrected chi connectivity index (χ2v) is 7.84. The summed E-state index contributed by atoms with van der Waals surface area (Å²) < 4.78 is 53.4. The number of carbonyl (C=O) groups excluding carboxylic acids is 1. The molecule has 0 radical (unpaired) electrons. The van der Waals surface area contributed by atoms with Gasteiger partial charge in [-0.1, -0.05) is 0 Å². The molecule has 0 bridgehead atoms. The van der Waals surface area contributed by atoms with Gasteiger partial charge >= 0.3 is 6.61 Å². The minimum Gasteiger partial charge on any atom is -0.435 e. The van der Waals surface area contributed by atoms with Crippen molar-refractivity contribution in [3.8, 4) is 5.75 Å². The van der Waals surface area contributed by atoms with Crippen molar-refractivity contribution in [2.45, 2.75) is 38.3 Å². The van der Waals surface area contributed by atoms with E-state index in [1.165, 1.54) is 24.3 Å². The minimum absolute atomic E-state index is 0.000837. The summed E-state index contributed by atoms with van der Waals surface area (Å²) in [4.78, 5) is 14.4. The largest absolute Gasteiger partial charge is 0.435 e. The van der Waals surface area contributed by atoms with Crippen molar-refractivity contribution in [2.75, 3.05) is 19.3 Å². The Hall–Kier alpha value is -1.74. The van der Waals surface area contributed by atoms with Crippen molar-refractivity contribution in [2.24, 2.45) is 0 Å². The van der Waals surface area contributed by atoms with Crippen molar-refractivity contribution in [1.82, 2.24) is 9.62 Å². The first kappa shape index (κ1) is 19.6. The van der Waals surface area contributed by atoms with E-state index in [0.717, 1.165) is 25.5 Å². The van der Waals surface area contributed by atoms with Crippen LogP contribution in [0.5, 0.6) is 5.75 Å². The van der Waals surface area contributed by atoms with Gasteiger partial charge in [-0.2, -0.15) is 8.78 Å². The summed E-state index contributed by atoms with van der Waals surface area (Å²) in [5, 5.41) is 0. The molecule has 6 nitrogen and oxygen atoms in total. The first-order chi connectivity index (χ1) is 11.8. The zero-order chi connectivity index (χ0) is 18.4. The van der Waals surface area contributed by atoms with E-state index in [-0.39, 0.29) is 24.2 Å². The van der Waals surface area contributed by atoms with E-state index in [1.807, 2.05) is 0 Å². The Morgan fingerprint density at radius 2 is 2.00 bits per heavy atom. The van der Waals surface area contributed by atoms with Gasteiger partial charge in [0.15, 0.2) is 0 Å². The fourth-order valence-electron chi connectivity index (χ4n) is 2.92. The van der Waals surface area contributed by atoms with Gasteiger partial charge in [-0.15, -0.1) is 0 Å². The molecule has 2 rings (SSSR count). The molecule has 0 aromatic heterocycles. The van der Waals surface area contributed by atoms with E-state index in [9.17, 15) is 22.0 Å². The summed E-state index contributed by atoms with van der Waals surface area (Å²) in [6, 6.07) is 5.54. The van der Waals surface area contributed by atoms with Crippen LogP contribution in [0.4, 0.5) is 8.78 Å². The number of rotatable bonds is 7. The van der Waals surface area contributed by atoms with Crippen LogP contribution in [0.2, 0.25) is 0 Å². The summed E-state index contributed by atoms with van der Waals surface area (Å²) >= 11 is 0. The standard InChI is InChI=1S/C16H22F2N2O4S/c1-25(22,23)19-10-9-13-4-2-3-11-20(13)15(21)12-5-7-14(8-6-12)24-16(17)18/h5-8,13,16,19H,2-4,9-11H2,1H3. The summed E-state index contributed by atoms with van der Waals surface area (Å²) in [6.45, 7) is -2.04. The van der Waals surface area contributed by atoms with Crippen LogP contribution in [0.1, 0.15) is 36.0 Å². The highest BCUT2D eigenvalue weighted by Crippen LogP contribution is 2.23. The fraction of sp³-hybridized carbons (Fsp3) is 0.562. The van der Waals surface area contributed by atoms with Gasteiger partial charge in [-0.3, -0.25) is 4.79 Å². The average molecular weight is 376 g/mol. The molecule has 1 unspecified atom stereocenters. The van der Waals surface area contributed by atoms with E-state index >= 15 is 0 Å². The molecule has 1 amide bonds. The van der Waals surface area contributed by atoms with Gasteiger partial charge in [-0.05, 0) is 49.9 Å². The molecule has 1 saturated heterocycles. The average Bonchev–Trinajstić information content (AvgIpc) is 2.54. The van der Waals surface area contributed by atoms with E-state index in [2.05, 4.69) is 9.46 Å². The van der Waals surface area contributed by atoms with Crippen molar-refractivity contribution in [1.29, 1.82) is 0 Å². The highest BCUT2D eigenvalue weighted by atomic mass is 32.2. The Bertz CT molecular complexity index is 680. The monoisotopic (exact) mass is 376 g/mol. The van der Waals surface area contributed by atoms with Crippen LogP contribution < -0.4 is 9.46 Å². The second kappa shape index (κ2) is 8.57. The van der Waals surface area contributed by atoms with Gasteiger partial charge in [0, 0.05) is 24.7 Å². The number of likely N-dealkylation sites (tertiary alicyclic amines) is 1. The number of ether oxygens (including phenoxy) is 1. The van der Waals surface area contributed by atoms with Crippen LogP contribution in [-0.4, -0.2) is 51.2 Å². The maximum absolute atomic E-state index is 12.7. The zero-order valence-corrected chi connectivity index (χ0v) is 14.8. The van der Waals surface area contributed by atoms with Gasteiger partial charge < -0.3 is 9.64 Å². The smallest absolute Gasteiger partial charge is 0.387 e. The number of sulfonamides is 1. The van der Waals surface area contributed by atoms with Crippen molar-refractivity contribution in [3.05, 3.63) is 29.8 Å². The van der Waals surface area contributed by atoms with Gasteiger partial charge in [0.05, 0.1) is 6.26 Å². The predicted octanol–water partition coefficient (Wildman–Crippen LogP) is 2.22. The molecule has 1 N–H and O–H groups in total. The maximum Gasteiger partial charge on any atom is 0.387 e. The molecule has 1 heterocycles. The Kier molecular flexibility index (Phi) is 6.71. The lowest BCUT2D eigenvalue weighted by molar-refractivity contribution is -0.0498. The Morgan fingerprint density at radius 3 is 2.60 bits per heavy atom. The van der Waals surface area contributed by atoms with Crippen LogP contribution >= 0.6 is 0 Å². The molecule has 1 aliphatic heterocycles. The molecule has 1 aromatic rings. The number of nitrogens with zero attached hydrogens (tertiary/aromatic N) is 1. The molecule has 1 atom stereocenters. The van der Waals surface area contributed by atoms with Gasteiger partial charge in [-0.25, -0.2) is 13.1 Å². The summed E-state index contributed by atoms with van der Waals surface area (Å²) in [7, 11) is -3.26. The molecule has 0 aliphatic carbocycles. The molecule has 1 fully saturated rings. The third-order valence-electron chi connectivity index (χ3n) is 4.06. The second-order valence-electron chi connectivity index (χ2n) is 6.01. The molecule has 0 spiro atoms. The van der Waals surface area contributed by atoms with E-state index < -0.39 is 16.6 Å². The number of carbonyl (C=O) groups is 1. The number of benzene rings is 1. The number of hydrogen-bond donors (Lipinski definition) is 1. The highest BCUT2D eigenvalue weighted by Gasteiger charge is 2.27. The van der Waals surface area contributed by atoms with Gasteiger partial charge in [0.25, 0.3) is 5.91 Å². The summed E-state index contributed by atoms with van der Waals surface area (Å²) in [6.07, 6.45) is 4.30. The zero-order valence-electron chi connectivity index (χ0n) is 14.0. The highest BCUT2D eigenvalue weighted by molar-refractivity contribution is 7.88. The Balaban J connectivity index is 2.01. The topological polar surface area (TPSA) is 75.7 Å². The first-order valence-electron chi connectivity index (χ1n) is 8.07. The normalized spacial score (nSPS) is 18.4. The van der Waals surface area contributed by atoms with Crippen LogP contribution in [-0.2, 0) is 10.0 Å². The Labute approximate surface area is 146 Å². The van der Waals surface area contributed by atoms with Crippen LogP contribution in [0.3, 0.4) is 0 Å². The number of alkyl halides is 2. The third-order valence-corrected chi connectivity index (χ3v) is 4.78. The predicted molar refractivity (Wildman–Crippen MR) is 89.2 cm³/mol. The van der Waals surface area contributed by atoms with Crippen LogP contribution in [0.25, 0.3) is 0 Å². The number of hydrogen-bond acceptors (Lipinski definition) is 4. The lowest BCUT2D eigenvalue weighted by Gasteiger charge is -2.36. The van der Waals surface area contributed by atoms with Crippen LogP contribution in [0.15, 0.2) is 24.3 Å².